The van der Waals surface area contributed by atoms with Gasteiger partial charge in [-0.05, 0) is 0 Å². The maximum absolute atomic E-state index is 4.58. The zero-order chi connectivity index (χ0) is 4.28. The minimum atomic E-state index is 0.159. The first-order chi connectivity index (χ1) is 2.27. The van der Waals surface area contributed by atoms with Crippen LogP contribution in [0.3, 0.4) is 0 Å². The van der Waals surface area contributed by atoms with Gasteiger partial charge in [0.2, 0.25) is 0 Å². The van der Waals surface area contributed by atoms with Crippen molar-refractivity contribution in [2.45, 2.75) is 0 Å². The molecule has 0 radical (unpaired) electrons. The van der Waals surface area contributed by atoms with E-state index >= 15 is 0 Å². The third kappa shape index (κ3) is 5.30. The molecule has 0 N–H and O–H groups in total. The summed E-state index contributed by atoms with van der Waals surface area (Å²) in [5, 5.41) is 0. The van der Waals surface area contributed by atoms with Crippen molar-refractivity contribution >= 4 is 34.8 Å². The van der Waals surface area contributed by atoms with Crippen molar-refractivity contribution in [3.63, 3.8) is 0 Å². The molecule has 0 heterocycles. The second-order valence-corrected chi connectivity index (χ2v) is 7.50. The van der Waals surface area contributed by atoms with Gasteiger partial charge in [0.25, 0.3) is 0 Å². The molecular weight excluding hydrogens is 138 g/mol. The van der Waals surface area contributed by atoms with Crippen molar-refractivity contribution in [3.05, 3.63) is 0 Å². The van der Waals surface area contributed by atoms with E-state index in [-0.39, 0.29) is 9.05 Å². The molecule has 0 aromatic carbocycles. The van der Waals surface area contributed by atoms with Gasteiger partial charge in [-0.3, -0.25) is 0 Å². The van der Waals surface area contributed by atoms with Crippen LogP contribution in [0.4, 0.5) is 0 Å². The second kappa shape index (κ2) is 3.49. The fraction of sp³-hybridized carbons (Fsp3) is 1.00. The SMILES string of the molecule is CS(#P)=[P+]=S. The molecule has 0 nitrogen and oxygen atoms in total. The standard InChI is InChI=1S/CH3P2S2/c1-5(2)3-4/h1H3/q+1. The molecule has 0 unspecified atom stereocenters. The summed E-state index contributed by atoms with van der Waals surface area (Å²) in [5.74, 6) is 0. The van der Waals surface area contributed by atoms with E-state index in [0.717, 1.165) is 6.13 Å². The molecule has 0 aliphatic carbocycles. The molecule has 0 aromatic heterocycles. The average Bonchev–Trinajstić information content (AvgIpc) is 1.38. The maximum atomic E-state index is 4.58. The monoisotopic (exact) mass is 141 g/mol. The predicted molar refractivity (Wildman–Crippen MR) is 34.5 cm³/mol. The van der Waals surface area contributed by atoms with Gasteiger partial charge in [-0.1, -0.05) is 0 Å². The van der Waals surface area contributed by atoms with Gasteiger partial charge in [0.05, 0.1) is 0 Å². The van der Waals surface area contributed by atoms with E-state index in [2.05, 4.69) is 19.6 Å². The Kier molecular flexibility index (Phi) is 4.40. The third-order valence-corrected chi connectivity index (χ3v) is 4.71. The van der Waals surface area contributed by atoms with E-state index in [4.69, 9.17) is 0 Å². The molecular formula is CH3P2S2+. The van der Waals surface area contributed by atoms with Crippen molar-refractivity contribution < 1.29 is 0 Å². The summed E-state index contributed by atoms with van der Waals surface area (Å²) < 4.78 is 0. The van der Waals surface area contributed by atoms with Gasteiger partial charge < -0.3 is 0 Å². The zero-order valence-corrected chi connectivity index (χ0v) is 6.13. The molecule has 0 rings (SSSR count). The Morgan fingerprint density at radius 1 is 2.00 bits per heavy atom. The summed E-state index contributed by atoms with van der Waals surface area (Å²) in [5.41, 5.74) is 0. The van der Waals surface area contributed by atoms with Gasteiger partial charge in [-0.15, -0.1) is 0 Å². The van der Waals surface area contributed by atoms with Crippen molar-refractivity contribution in [2.75, 3.05) is 6.26 Å². The Morgan fingerprint density at radius 2 is 2.20 bits per heavy atom. The molecule has 0 spiro atoms. The first-order valence-electron chi connectivity index (χ1n) is 0.956. The van der Waals surface area contributed by atoms with E-state index in [0.29, 0.717) is 0 Å². The number of hydrogen-bond acceptors (Lipinski definition) is 1. The fourth-order valence-corrected chi connectivity index (χ4v) is 0. The normalized spacial score (nSPS) is 6.40. The molecule has 28 valence electrons. The van der Waals surface area contributed by atoms with Crippen LogP contribution in [0.25, 0.3) is 0 Å². The van der Waals surface area contributed by atoms with Crippen LogP contribution in [0.2, 0.25) is 0 Å². The van der Waals surface area contributed by atoms with Crippen LogP contribution < -0.4 is 0 Å². The van der Waals surface area contributed by atoms with Gasteiger partial charge in [-0.25, -0.2) is 0 Å². The summed E-state index contributed by atoms with van der Waals surface area (Å²) in [6.07, 6.45) is 2.97. The molecule has 0 bridgehead atoms. The molecule has 0 atom stereocenters. The molecule has 4 heteroatoms. The first kappa shape index (κ1) is 6.30. The third-order valence-electron chi connectivity index (χ3n) is 0.108. The van der Waals surface area contributed by atoms with Gasteiger partial charge in [-0.2, -0.15) is 0 Å². The molecule has 0 saturated carbocycles. The molecule has 5 heavy (non-hydrogen) atoms. The summed E-state index contributed by atoms with van der Waals surface area (Å²) in [4.78, 5) is 0. The van der Waals surface area contributed by atoms with Crippen LogP contribution in [0, 0.1) is 0 Å². The quantitative estimate of drug-likeness (QED) is 0.464. The van der Waals surface area contributed by atoms with Gasteiger partial charge in [0.15, 0.2) is 0 Å². The van der Waals surface area contributed by atoms with Crippen molar-refractivity contribution in [1.82, 2.24) is 0 Å². The van der Waals surface area contributed by atoms with Crippen LogP contribution in [-0.2, 0) is 20.9 Å². The van der Waals surface area contributed by atoms with Crippen LogP contribution in [0.15, 0.2) is 0 Å². The van der Waals surface area contributed by atoms with Crippen molar-refractivity contribution in [2.24, 2.45) is 0 Å². The Morgan fingerprint density at radius 3 is 2.20 bits per heavy atom. The van der Waals surface area contributed by atoms with E-state index in [9.17, 15) is 0 Å². The van der Waals surface area contributed by atoms with Crippen LogP contribution in [0.5, 0.6) is 0 Å². The van der Waals surface area contributed by atoms with Gasteiger partial charge in [0.1, 0.15) is 0 Å². The van der Waals surface area contributed by atoms with E-state index in [1.165, 1.54) is 0 Å². The summed E-state index contributed by atoms with van der Waals surface area (Å²) in [7, 11) is 4.17. The van der Waals surface area contributed by atoms with Crippen molar-refractivity contribution in [3.8, 4) is 0 Å². The zero-order valence-electron chi connectivity index (χ0n) is 2.71. The minimum absolute atomic E-state index is 0.159. The topological polar surface area (TPSA) is 0 Å². The number of rotatable bonds is 0. The molecule has 0 saturated heterocycles. The van der Waals surface area contributed by atoms with Crippen molar-refractivity contribution in [1.29, 1.82) is 0 Å². The summed E-state index contributed by atoms with van der Waals surface area (Å²) in [6, 6.07) is 0. The average molecular weight is 141 g/mol. The van der Waals surface area contributed by atoms with E-state index < -0.39 is 0 Å². The Hall–Kier alpha value is 1.30. The van der Waals surface area contributed by atoms with E-state index in [1.807, 2.05) is 6.26 Å². The predicted octanol–water partition coefficient (Wildman–Crippen LogP) is 1.88. The fourth-order valence-electron chi connectivity index (χ4n) is 0. The van der Waals surface area contributed by atoms with Crippen LogP contribution >= 0.6 is 13.9 Å². The Balaban J connectivity index is 4.50. The van der Waals surface area contributed by atoms with Gasteiger partial charge >= 0.3 is 41.1 Å². The Bertz CT molecular complexity index is 145. The van der Waals surface area contributed by atoms with Gasteiger partial charge in [0, 0.05) is 0 Å². The molecule has 0 aliphatic heterocycles. The summed E-state index contributed by atoms with van der Waals surface area (Å²) in [6.45, 7) is 0. The summed E-state index contributed by atoms with van der Waals surface area (Å²) >= 11 is 4.58. The molecule has 0 amide bonds. The first-order valence-corrected chi connectivity index (χ1v) is 6.15. The van der Waals surface area contributed by atoms with Crippen LogP contribution in [0.1, 0.15) is 0 Å². The second-order valence-electron chi connectivity index (χ2n) is 0.521. The molecule has 0 fully saturated rings. The Labute approximate surface area is 41.5 Å². The molecule has 0 aromatic rings. The van der Waals surface area contributed by atoms with Crippen LogP contribution in [-0.4, -0.2) is 6.26 Å². The van der Waals surface area contributed by atoms with E-state index in [1.54, 1.807) is 0 Å². The molecule has 0 aliphatic rings. The number of hydrogen-bond donors (Lipinski definition) is 0.